The number of hydrogen-bond acceptors (Lipinski definition) is 2. The van der Waals surface area contributed by atoms with Crippen LogP contribution in [-0.4, -0.2) is 16.5 Å². The van der Waals surface area contributed by atoms with Crippen LogP contribution in [0.5, 0.6) is 0 Å². The van der Waals surface area contributed by atoms with Crippen molar-refractivity contribution in [3.05, 3.63) is 35.5 Å². The van der Waals surface area contributed by atoms with Crippen LogP contribution >= 0.6 is 23.5 Å². The Hall–Kier alpha value is -0.540. The molecule has 0 bridgehead atoms. The first-order valence-electron chi connectivity index (χ1n) is 6.27. The lowest BCUT2D eigenvalue weighted by atomic mass is 9.95. The largest absolute Gasteiger partial charge is 0.356 e. The second-order valence-electron chi connectivity index (χ2n) is 4.83. The maximum Gasteiger partial charge on any atom is 0.101 e. The molecule has 1 saturated heterocycles. The molecule has 1 spiro atoms. The van der Waals surface area contributed by atoms with Crippen molar-refractivity contribution >= 4 is 34.4 Å². The summed E-state index contributed by atoms with van der Waals surface area (Å²) in [7, 11) is 0. The van der Waals surface area contributed by atoms with Gasteiger partial charge in [0.15, 0.2) is 0 Å². The molecule has 0 radical (unpaired) electrons. The van der Waals surface area contributed by atoms with E-state index in [0.717, 1.165) is 0 Å². The van der Waals surface area contributed by atoms with E-state index in [9.17, 15) is 0 Å². The van der Waals surface area contributed by atoms with Gasteiger partial charge in [0.2, 0.25) is 0 Å². The van der Waals surface area contributed by atoms with Crippen LogP contribution in [0.25, 0.3) is 10.9 Å². The molecule has 2 aliphatic rings. The summed E-state index contributed by atoms with van der Waals surface area (Å²) in [6.45, 7) is 0. The van der Waals surface area contributed by atoms with E-state index in [-0.39, 0.29) is 0 Å². The van der Waals surface area contributed by atoms with Crippen molar-refractivity contribution in [3.63, 3.8) is 0 Å². The van der Waals surface area contributed by atoms with Crippen molar-refractivity contribution in [2.75, 3.05) is 11.5 Å². The molecule has 0 saturated carbocycles. The van der Waals surface area contributed by atoms with Crippen molar-refractivity contribution in [2.24, 2.45) is 0 Å². The third kappa shape index (κ3) is 1.42. The normalized spacial score (nSPS) is 22.1. The van der Waals surface area contributed by atoms with Gasteiger partial charge in [-0.15, -0.1) is 23.5 Å². The minimum absolute atomic E-state index is 0.354. The summed E-state index contributed by atoms with van der Waals surface area (Å²) in [6.07, 6.45) is 3.93. The van der Waals surface area contributed by atoms with Gasteiger partial charge in [0.25, 0.3) is 0 Å². The predicted octanol–water partition coefficient (Wildman–Crippen LogP) is 4.14. The molecular weight excluding hydrogens is 246 g/mol. The van der Waals surface area contributed by atoms with E-state index < -0.39 is 0 Å². The number of benzene rings is 1. The van der Waals surface area contributed by atoms with Gasteiger partial charge in [0.1, 0.15) is 4.08 Å². The second kappa shape index (κ2) is 3.72. The number of aryl methyl sites for hydroxylation is 1. The molecule has 0 amide bonds. The number of aromatic nitrogens is 1. The van der Waals surface area contributed by atoms with Crippen molar-refractivity contribution < 1.29 is 0 Å². The Morgan fingerprint density at radius 1 is 1.12 bits per heavy atom. The summed E-state index contributed by atoms with van der Waals surface area (Å²) >= 11 is 4.31. The van der Waals surface area contributed by atoms with Crippen LogP contribution in [0.2, 0.25) is 0 Å². The first kappa shape index (κ1) is 10.4. The zero-order valence-electron chi connectivity index (χ0n) is 9.66. The Bertz CT molecular complexity index is 567. The van der Waals surface area contributed by atoms with Gasteiger partial charge < -0.3 is 4.98 Å². The Morgan fingerprint density at radius 3 is 2.82 bits per heavy atom. The number of aromatic amines is 1. The van der Waals surface area contributed by atoms with Crippen LogP contribution < -0.4 is 0 Å². The van der Waals surface area contributed by atoms with E-state index in [2.05, 4.69) is 52.8 Å². The number of nitrogens with one attached hydrogen (secondary N) is 1. The van der Waals surface area contributed by atoms with Crippen molar-refractivity contribution in [1.29, 1.82) is 0 Å². The monoisotopic (exact) mass is 261 g/mol. The highest BCUT2D eigenvalue weighted by atomic mass is 32.2. The Labute approximate surface area is 110 Å². The van der Waals surface area contributed by atoms with Crippen molar-refractivity contribution in [1.82, 2.24) is 4.98 Å². The lowest BCUT2D eigenvalue weighted by Gasteiger charge is -2.31. The van der Waals surface area contributed by atoms with Crippen molar-refractivity contribution in [3.8, 4) is 0 Å². The van der Waals surface area contributed by atoms with E-state index >= 15 is 0 Å². The fourth-order valence-corrected chi connectivity index (χ4v) is 6.53. The number of fused-ring (bicyclic) bond motifs is 4. The van der Waals surface area contributed by atoms with Gasteiger partial charge in [0, 0.05) is 28.1 Å². The smallest absolute Gasteiger partial charge is 0.101 e. The topological polar surface area (TPSA) is 15.8 Å². The van der Waals surface area contributed by atoms with E-state index in [1.54, 1.807) is 5.56 Å². The molecule has 17 heavy (non-hydrogen) atoms. The maximum atomic E-state index is 3.71. The Kier molecular flexibility index (Phi) is 2.28. The van der Waals surface area contributed by atoms with E-state index in [1.807, 2.05) is 0 Å². The molecule has 1 aliphatic heterocycles. The fraction of sp³-hybridized carbons (Fsp3) is 0.429. The molecule has 3 heteroatoms. The zero-order chi connectivity index (χ0) is 11.3. The number of H-pyrrole nitrogens is 1. The molecule has 2 aromatic rings. The van der Waals surface area contributed by atoms with Gasteiger partial charge in [-0.05, 0) is 30.9 Å². The minimum atomic E-state index is 0.354. The van der Waals surface area contributed by atoms with Gasteiger partial charge in [0.05, 0.1) is 0 Å². The van der Waals surface area contributed by atoms with E-state index in [0.29, 0.717) is 4.08 Å². The molecule has 0 atom stereocenters. The third-order valence-electron chi connectivity index (χ3n) is 3.88. The average molecular weight is 261 g/mol. The third-order valence-corrected chi connectivity index (χ3v) is 7.41. The summed E-state index contributed by atoms with van der Waals surface area (Å²) in [4.78, 5) is 3.71. The molecule has 0 unspecified atom stereocenters. The molecule has 4 rings (SSSR count). The Balaban J connectivity index is 1.99. The van der Waals surface area contributed by atoms with Crippen LogP contribution in [0.15, 0.2) is 24.3 Å². The summed E-state index contributed by atoms with van der Waals surface area (Å²) < 4.78 is 0.354. The van der Waals surface area contributed by atoms with Crippen molar-refractivity contribution in [2.45, 2.75) is 23.3 Å². The molecule has 1 aromatic heterocycles. The first-order chi connectivity index (χ1) is 8.39. The minimum Gasteiger partial charge on any atom is -0.356 e. The molecule has 1 aromatic carbocycles. The lowest BCUT2D eigenvalue weighted by molar-refractivity contribution is 0.637. The van der Waals surface area contributed by atoms with Crippen LogP contribution in [0.1, 0.15) is 24.1 Å². The fourth-order valence-electron chi connectivity index (χ4n) is 3.15. The van der Waals surface area contributed by atoms with E-state index in [4.69, 9.17) is 0 Å². The first-order valence-corrected chi connectivity index (χ1v) is 8.24. The summed E-state index contributed by atoms with van der Waals surface area (Å²) in [5.74, 6) is 2.61. The second-order valence-corrected chi connectivity index (χ2v) is 7.87. The highest BCUT2D eigenvalue weighted by Gasteiger charge is 2.42. The van der Waals surface area contributed by atoms with Crippen LogP contribution in [0.4, 0.5) is 0 Å². The highest BCUT2D eigenvalue weighted by molar-refractivity contribution is 8.20. The van der Waals surface area contributed by atoms with E-state index in [1.165, 1.54) is 47.4 Å². The number of para-hydroxylation sites is 1. The van der Waals surface area contributed by atoms with Gasteiger partial charge in [-0.3, -0.25) is 0 Å². The standard InChI is InChI=1S/C14H15NS2/c1-2-6-12-10(4-1)11-5-3-7-14(13(11)15-12)16-8-9-17-14/h1-2,4,6,15H,3,5,7-9H2. The number of thioether (sulfide) groups is 2. The zero-order valence-corrected chi connectivity index (χ0v) is 11.3. The van der Waals surface area contributed by atoms with Gasteiger partial charge >= 0.3 is 0 Å². The molecule has 2 heterocycles. The Morgan fingerprint density at radius 2 is 1.94 bits per heavy atom. The summed E-state index contributed by atoms with van der Waals surface area (Å²) in [6, 6.07) is 8.78. The quantitative estimate of drug-likeness (QED) is 0.767. The van der Waals surface area contributed by atoms with Gasteiger partial charge in [-0.1, -0.05) is 18.2 Å². The molecule has 88 valence electrons. The molecule has 1 fully saturated rings. The summed E-state index contributed by atoms with van der Waals surface area (Å²) in [5.41, 5.74) is 4.44. The van der Waals surface area contributed by atoms with Crippen LogP contribution in [-0.2, 0) is 10.5 Å². The SMILES string of the molecule is c1ccc2c3c([nH]c2c1)C1(CCC3)SCCS1. The van der Waals surface area contributed by atoms with Crippen LogP contribution in [0.3, 0.4) is 0 Å². The van der Waals surface area contributed by atoms with Gasteiger partial charge in [-0.2, -0.15) is 0 Å². The molecule has 1 nitrogen and oxygen atoms in total. The lowest BCUT2D eigenvalue weighted by Crippen LogP contribution is -2.21. The van der Waals surface area contributed by atoms with Crippen LogP contribution in [0, 0.1) is 0 Å². The molecular formula is C14H15NS2. The average Bonchev–Trinajstić information content (AvgIpc) is 2.96. The maximum absolute atomic E-state index is 3.71. The summed E-state index contributed by atoms with van der Waals surface area (Å²) in [5, 5.41) is 1.45. The predicted molar refractivity (Wildman–Crippen MR) is 77.8 cm³/mol. The number of rotatable bonds is 0. The molecule has 1 aliphatic carbocycles. The molecule has 1 N–H and O–H groups in total. The highest BCUT2D eigenvalue weighted by Crippen LogP contribution is 2.58. The van der Waals surface area contributed by atoms with Gasteiger partial charge in [-0.25, -0.2) is 0 Å². The number of hydrogen-bond donors (Lipinski definition) is 1.